The van der Waals surface area contributed by atoms with Crippen molar-refractivity contribution in [2.45, 2.75) is 20.4 Å². The van der Waals surface area contributed by atoms with Gasteiger partial charge in [-0.3, -0.25) is 9.59 Å². The summed E-state index contributed by atoms with van der Waals surface area (Å²) in [5, 5.41) is 5.64. The highest BCUT2D eigenvalue weighted by molar-refractivity contribution is 6.35. The zero-order valence-corrected chi connectivity index (χ0v) is 14.3. The van der Waals surface area contributed by atoms with Gasteiger partial charge < -0.3 is 15.4 Å². The molecule has 3 rings (SSSR count). The van der Waals surface area contributed by atoms with E-state index in [-0.39, 0.29) is 11.8 Å². The molecule has 2 aromatic carbocycles. The highest BCUT2D eigenvalue weighted by Gasteiger charge is 2.24. The van der Waals surface area contributed by atoms with Crippen LogP contribution in [0.1, 0.15) is 30.5 Å². The van der Waals surface area contributed by atoms with Crippen LogP contribution in [-0.4, -0.2) is 18.4 Å². The van der Waals surface area contributed by atoms with E-state index in [4.69, 9.17) is 4.74 Å². The lowest BCUT2D eigenvalue weighted by molar-refractivity contribution is -0.119. The molecule has 0 unspecified atom stereocenters. The van der Waals surface area contributed by atoms with E-state index in [1.165, 1.54) is 6.92 Å². The van der Waals surface area contributed by atoms with Crippen molar-refractivity contribution in [3.05, 3.63) is 59.2 Å². The predicted molar refractivity (Wildman–Crippen MR) is 98.1 cm³/mol. The van der Waals surface area contributed by atoms with Crippen LogP contribution in [0, 0.1) is 0 Å². The predicted octanol–water partition coefficient (Wildman–Crippen LogP) is 3.21. The molecule has 25 heavy (non-hydrogen) atoms. The van der Waals surface area contributed by atoms with Gasteiger partial charge in [0.05, 0.1) is 6.61 Å². The molecular weight excluding hydrogens is 316 g/mol. The van der Waals surface area contributed by atoms with Crippen molar-refractivity contribution in [2.75, 3.05) is 11.9 Å². The molecule has 2 aromatic rings. The number of carbonyl (C=O) groups excluding carboxylic acids is 2. The molecule has 0 spiro atoms. The first-order chi connectivity index (χ1) is 12.1. The number of para-hydroxylation sites is 1. The Morgan fingerprint density at radius 3 is 2.80 bits per heavy atom. The van der Waals surface area contributed by atoms with Crippen LogP contribution in [-0.2, 0) is 16.1 Å². The van der Waals surface area contributed by atoms with Crippen molar-refractivity contribution < 1.29 is 14.3 Å². The highest BCUT2D eigenvalue weighted by Crippen LogP contribution is 2.35. The Morgan fingerprint density at radius 2 is 2.04 bits per heavy atom. The first-order valence-corrected chi connectivity index (χ1v) is 8.21. The van der Waals surface area contributed by atoms with Gasteiger partial charge in [0.2, 0.25) is 5.91 Å². The molecule has 1 aliphatic heterocycles. The van der Waals surface area contributed by atoms with Gasteiger partial charge in [-0.1, -0.05) is 30.3 Å². The molecule has 1 heterocycles. The molecule has 0 atom stereocenters. The molecule has 5 nitrogen and oxygen atoms in total. The molecule has 5 heteroatoms. The van der Waals surface area contributed by atoms with Crippen LogP contribution in [0.2, 0.25) is 0 Å². The summed E-state index contributed by atoms with van der Waals surface area (Å²) >= 11 is 0. The van der Waals surface area contributed by atoms with Crippen LogP contribution >= 0.6 is 0 Å². The van der Waals surface area contributed by atoms with Gasteiger partial charge in [0, 0.05) is 35.9 Å². The molecule has 0 fully saturated rings. The van der Waals surface area contributed by atoms with E-state index in [0.29, 0.717) is 18.7 Å². The minimum absolute atomic E-state index is 0.0855. The average Bonchev–Trinajstić information content (AvgIpc) is 2.90. The van der Waals surface area contributed by atoms with Gasteiger partial charge in [-0.05, 0) is 30.7 Å². The zero-order chi connectivity index (χ0) is 17.8. The lowest BCUT2D eigenvalue weighted by Gasteiger charge is -2.07. The van der Waals surface area contributed by atoms with Crippen molar-refractivity contribution in [1.82, 2.24) is 5.32 Å². The van der Waals surface area contributed by atoms with Gasteiger partial charge in [0.15, 0.2) is 0 Å². The van der Waals surface area contributed by atoms with E-state index < -0.39 is 0 Å². The lowest BCUT2D eigenvalue weighted by Crippen LogP contribution is -2.18. The number of nitrogens with one attached hydrogen (secondary N) is 2. The number of hydrogen-bond acceptors (Lipinski definition) is 3. The van der Waals surface area contributed by atoms with Crippen molar-refractivity contribution in [2.24, 2.45) is 0 Å². The third-order valence-electron chi connectivity index (χ3n) is 3.93. The number of anilines is 1. The van der Waals surface area contributed by atoms with Crippen molar-refractivity contribution >= 4 is 29.2 Å². The monoisotopic (exact) mass is 336 g/mol. The van der Waals surface area contributed by atoms with Crippen LogP contribution in [0.4, 0.5) is 5.69 Å². The summed E-state index contributed by atoms with van der Waals surface area (Å²) in [5.74, 6) is 0.525. The summed E-state index contributed by atoms with van der Waals surface area (Å²) in [6, 6.07) is 13.3. The van der Waals surface area contributed by atoms with Gasteiger partial charge in [0.25, 0.3) is 5.91 Å². The maximum absolute atomic E-state index is 12.4. The number of amides is 2. The van der Waals surface area contributed by atoms with E-state index in [0.717, 1.165) is 28.1 Å². The molecule has 0 bridgehead atoms. The average molecular weight is 336 g/mol. The summed E-state index contributed by atoms with van der Waals surface area (Å²) in [6.45, 7) is 4.41. The third kappa shape index (κ3) is 3.71. The van der Waals surface area contributed by atoms with Gasteiger partial charge >= 0.3 is 0 Å². The number of rotatable bonds is 5. The normalized spacial score (nSPS) is 14.2. The van der Waals surface area contributed by atoms with Crippen molar-refractivity contribution in [3.8, 4) is 5.75 Å². The van der Waals surface area contributed by atoms with E-state index >= 15 is 0 Å². The summed E-state index contributed by atoms with van der Waals surface area (Å²) in [6.07, 6.45) is 1.85. The summed E-state index contributed by atoms with van der Waals surface area (Å²) in [4.78, 5) is 23.4. The van der Waals surface area contributed by atoms with Crippen LogP contribution in [0.3, 0.4) is 0 Å². The Balaban J connectivity index is 1.93. The smallest absolute Gasteiger partial charge is 0.256 e. The molecule has 0 radical (unpaired) electrons. The fourth-order valence-electron chi connectivity index (χ4n) is 2.76. The maximum atomic E-state index is 12.4. The molecule has 0 saturated heterocycles. The maximum Gasteiger partial charge on any atom is 0.256 e. The van der Waals surface area contributed by atoms with Crippen molar-refractivity contribution in [1.29, 1.82) is 0 Å². The van der Waals surface area contributed by atoms with Crippen LogP contribution in [0.25, 0.3) is 11.6 Å². The Kier molecular flexibility index (Phi) is 4.84. The molecule has 0 aliphatic carbocycles. The molecule has 1 aliphatic rings. The first-order valence-electron chi connectivity index (χ1n) is 8.21. The Bertz CT molecular complexity index is 856. The van der Waals surface area contributed by atoms with Crippen LogP contribution in [0.5, 0.6) is 5.75 Å². The Morgan fingerprint density at radius 1 is 1.24 bits per heavy atom. The number of benzene rings is 2. The lowest BCUT2D eigenvalue weighted by atomic mass is 10.0. The summed E-state index contributed by atoms with van der Waals surface area (Å²) in [5.41, 5.74) is 4.01. The second-order valence-electron chi connectivity index (χ2n) is 5.77. The fourth-order valence-corrected chi connectivity index (χ4v) is 2.76. The molecule has 2 N–H and O–H groups in total. The number of hydrogen-bond donors (Lipinski definition) is 2. The number of ether oxygens (including phenoxy) is 1. The molecular formula is C20H20N2O3. The zero-order valence-electron chi connectivity index (χ0n) is 14.3. The first kappa shape index (κ1) is 16.8. The van der Waals surface area contributed by atoms with Crippen LogP contribution in [0.15, 0.2) is 42.5 Å². The van der Waals surface area contributed by atoms with Gasteiger partial charge in [0.1, 0.15) is 5.75 Å². The van der Waals surface area contributed by atoms with Gasteiger partial charge in [-0.25, -0.2) is 0 Å². The quantitative estimate of drug-likeness (QED) is 0.824. The van der Waals surface area contributed by atoms with Crippen molar-refractivity contribution in [3.63, 3.8) is 0 Å². The van der Waals surface area contributed by atoms with E-state index in [1.54, 1.807) is 0 Å². The van der Waals surface area contributed by atoms with E-state index in [2.05, 4.69) is 10.6 Å². The summed E-state index contributed by atoms with van der Waals surface area (Å²) < 4.78 is 5.63. The minimum atomic E-state index is -0.141. The van der Waals surface area contributed by atoms with Gasteiger partial charge in [-0.15, -0.1) is 0 Å². The fraction of sp³-hybridized carbons (Fsp3) is 0.200. The molecule has 0 saturated carbocycles. The molecule has 2 amide bonds. The van der Waals surface area contributed by atoms with E-state index in [9.17, 15) is 9.59 Å². The Labute approximate surface area is 146 Å². The van der Waals surface area contributed by atoms with E-state index in [1.807, 2.05) is 55.5 Å². The second kappa shape index (κ2) is 7.21. The standard InChI is InChI=1S/C20H20N2O3/c1-3-25-19-7-5-4-6-15(19)11-17-16-9-8-14(12-21-13(2)23)10-18(16)22-20(17)24/h4-11H,3,12H2,1-2H3,(H,21,23)(H,22,24)/b17-11+. The highest BCUT2D eigenvalue weighted by atomic mass is 16.5. The number of fused-ring (bicyclic) bond motifs is 1. The largest absolute Gasteiger partial charge is 0.493 e. The Hall–Kier alpha value is -3.08. The van der Waals surface area contributed by atoms with Crippen LogP contribution < -0.4 is 15.4 Å². The summed E-state index contributed by atoms with van der Waals surface area (Å²) in [7, 11) is 0. The SMILES string of the molecule is CCOc1ccccc1/C=C1/C(=O)Nc2cc(CNC(C)=O)ccc21. The molecule has 0 aromatic heterocycles. The minimum Gasteiger partial charge on any atom is -0.493 e. The third-order valence-corrected chi connectivity index (χ3v) is 3.93. The number of carbonyl (C=O) groups is 2. The molecule has 128 valence electrons. The van der Waals surface area contributed by atoms with Gasteiger partial charge in [-0.2, -0.15) is 0 Å². The topological polar surface area (TPSA) is 67.4 Å². The second-order valence-corrected chi connectivity index (χ2v) is 5.77.